The number of halogens is 1. The molecule has 140 valence electrons. The van der Waals surface area contributed by atoms with Crippen LogP contribution in [0.4, 0.5) is 0 Å². The number of amides is 1. The Labute approximate surface area is 165 Å². The van der Waals surface area contributed by atoms with Crippen molar-refractivity contribution in [2.45, 2.75) is 25.0 Å². The molecule has 0 fully saturated rings. The molecule has 0 atom stereocenters. The van der Waals surface area contributed by atoms with Crippen LogP contribution in [0.2, 0.25) is 0 Å². The number of carbonyl (C=O) groups excluding carboxylic acids is 1. The number of thioether (sulfide) groups is 1. The number of nitrogens with one attached hydrogen (secondary N) is 1. The molecule has 7 heteroatoms. The van der Waals surface area contributed by atoms with E-state index in [2.05, 4.69) is 33.4 Å². The Morgan fingerprint density at radius 2 is 2.04 bits per heavy atom. The van der Waals surface area contributed by atoms with Gasteiger partial charge in [0.25, 0.3) is 0 Å². The molecule has 2 aromatic carbocycles. The van der Waals surface area contributed by atoms with Crippen LogP contribution in [0.25, 0.3) is 10.8 Å². The van der Waals surface area contributed by atoms with Crippen molar-refractivity contribution in [1.29, 1.82) is 0 Å². The number of methoxy groups -OCH3 is 1. The first-order valence-electron chi connectivity index (χ1n) is 8.32. The Morgan fingerprint density at radius 3 is 2.77 bits per heavy atom. The fourth-order valence-corrected chi connectivity index (χ4v) is 3.88. The van der Waals surface area contributed by atoms with Crippen molar-refractivity contribution in [2.24, 2.45) is 0 Å². The molecule has 0 aliphatic carbocycles. The molecule has 2 N–H and O–H groups in total. The van der Waals surface area contributed by atoms with E-state index in [9.17, 15) is 9.59 Å². The standard InChI is InChI=1S/C19H22BrNO4S/c1-25-17-8-5-13-11-14(20)6-7-15(13)16(17)12-26-10-9-21-18(22)3-2-4-19(23)24/h5-8,11H,2-4,9-10,12H2,1H3,(H,21,22)(H,23,24). The van der Waals surface area contributed by atoms with Crippen LogP contribution in [-0.4, -0.2) is 36.4 Å². The summed E-state index contributed by atoms with van der Waals surface area (Å²) in [5.74, 6) is 1.46. The number of carboxylic acid groups (broad SMARTS) is 1. The minimum atomic E-state index is -0.871. The molecule has 0 aliphatic heterocycles. The van der Waals surface area contributed by atoms with Gasteiger partial charge in [0, 0.05) is 40.9 Å². The zero-order chi connectivity index (χ0) is 18.9. The van der Waals surface area contributed by atoms with E-state index in [4.69, 9.17) is 9.84 Å². The largest absolute Gasteiger partial charge is 0.496 e. The van der Waals surface area contributed by atoms with Crippen molar-refractivity contribution in [3.63, 3.8) is 0 Å². The zero-order valence-electron chi connectivity index (χ0n) is 14.6. The lowest BCUT2D eigenvalue weighted by atomic mass is 10.0. The van der Waals surface area contributed by atoms with Crippen LogP contribution in [-0.2, 0) is 15.3 Å². The summed E-state index contributed by atoms with van der Waals surface area (Å²) in [6.07, 6.45) is 0.652. The molecular formula is C19H22BrNO4S. The van der Waals surface area contributed by atoms with Gasteiger partial charge in [-0.1, -0.05) is 28.1 Å². The molecule has 0 saturated heterocycles. The average molecular weight is 440 g/mol. The van der Waals surface area contributed by atoms with Gasteiger partial charge in [0.1, 0.15) is 5.75 Å². The van der Waals surface area contributed by atoms with Gasteiger partial charge >= 0.3 is 5.97 Å². The topological polar surface area (TPSA) is 75.6 Å². The summed E-state index contributed by atoms with van der Waals surface area (Å²) in [4.78, 5) is 22.1. The van der Waals surface area contributed by atoms with Crippen molar-refractivity contribution in [1.82, 2.24) is 5.32 Å². The molecule has 2 rings (SSSR count). The number of benzene rings is 2. The van der Waals surface area contributed by atoms with Gasteiger partial charge in [-0.25, -0.2) is 0 Å². The van der Waals surface area contributed by atoms with Crippen LogP contribution in [0.15, 0.2) is 34.8 Å². The number of carboxylic acids is 1. The Balaban J connectivity index is 1.84. The number of aliphatic carboxylic acids is 1. The van der Waals surface area contributed by atoms with Crippen LogP contribution in [0, 0.1) is 0 Å². The SMILES string of the molecule is COc1ccc2cc(Br)ccc2c1CSCCNC(=O)CCCC(=O)O. The Bertz CT molecular complexity index is 781. The average Bonchev–Trinajstić information content (AvgIpc) is 2.60. The lowest BCUT2D eigenvalue weighted by Crippen LogP contribution is -2.25. The second kappa shape index (κ2) is 10.4. The molecule has 1 amide bonds. The van der Waals surface area contributed by atoms with Crippen molar-refractivity contribution in [3.05, 3.63) is 40.4 Å². The van der Waals surface area contributed by atoms with Gasteiger partial charge in [-0.3, -0.25) is 9.59 Å². The highest BCUT2D eigenvalue weighted by Gasteiger charge is 2.09. The van der Waals surface area contributed by atoms with Gasteiger partial charge < -0.3 is 15.2 Å². The first-order chi connectivity index (χ1) is 12.5. The second-order valence-electron chi connectivity index (χ2n) is 5.76. The third-order valence-electron chi connectivity index (χ3n) is 3.88. The maximum atomic E-state index is 11.6. The third kappa shape index (κ3) is 6.21. The van der Waals surface area contributed by atoms with Gasteiger partial charge in [0.15, 0.2) is 0 Å². The van der Waals surface area contributed by atoms with Crippen LogP contribution in [0.3, 0.4) is 0 Å². The van der Waals surface area contributed by atoms with E-state index in [1.807, 2.05) is 18.2 Å². The highest BCUT2D eigenvalue weighted by atomic mass is 79.9. The van der Waals surface area contributed by atoms with Gasteiger partial charge in [-0.15, -0.1) is 0 Å². The Hall–Kier alpha value is -1.73. The van der Waals surface area contributed by atoms with Gasteiger partial charge in [0.05, 0.1) is 7.11 Å². The summed E-state index contributed by atoms with van der Waals surface area (Å²) in [5.41, 5.74) is 1.15. The van der Waals surface area contributed by atoms with Crippen molar-refractivity contribution < 1.29 is 19.4 Å². The normalized spacial score (nSPS) is 10.7. The van der Waals surface area contributed by atoms with Crippen molar-refractivity contribution in [2.75, 3.05) is 19.4 Å². The highest BCUT2D eigenvalue weighted by molar-refractivity contribution is 9.10. The van der Waals surface area contributed by atoms with Crippen molar-refractivity contribution in [3.8, 4) is 5.75 Å². The number of rotatable bonds is 10. The van der Waals surface area contributed by atoms with Crippen LogP contribution >= 0.6 is 27.7 Å². The minimum Gasteiger partial charge on any atom is -0.496 e. The summed E-state index contributed by atoms with van der Waals surface area (Å²) in [6.45, 7) is 0.565. The molecule has 0 heterocycles. The van der Waals surface area contributed by atoms with Gasteiger partial charge in [0.2, 0.25) is 5.91 Å². The third-order valence-corrected chi connectivity index (χ3v) is 5.36. The molecule has 26 heavy (non-hydrogen) atoms. The lowest BCUT2D eigenvalue weighted by Gasteiger charge is -2.12. The molecule has 0 spiro atoms. The number of ether oxygens (including phenoxy) is 1. The first kappa shape index (κ1) is 20.6. The maximum Gasteiger partial charge on any atom is 0.303 e. The van der Waals surface area contributed by atoms with Crippen LogP contribution in [0.1, 0.15) is 24.8 Å². The molecule has 0 saturated carbocycles. The molecule has 2 aromatic rings. The van der Waals surface area contributed by atoms with E-state index in [0.29, 0.717) is 13.0 Å². The summed E-state index contributed by atoms with van der Waals surface area (Å²) in [7, 11) is 1.67. The summed E-state index contributed by atoms with van der Waals surface area (Å²) < 4.78 is 6.54. The number of hydrogen-bond donors (Lipinski definition) is 2. The molecule has 0 radical (unpaired) electrons. The minimum absolute atomic E-state index is 0.0269. The number of carbonyl (C=O) groups is 2. The van der Waals surface area contributed by atoms with E-state index in [1.165, 1.54) is 0 Å². The summed E-state index contributed by atoms with van der Waals surface area (Å²) in [6, 6.07) is 10.2. The predicted octanol–water partition coefficient (Wildman–Crippen LogP) is 4.22. The second-order valence-corrected chi connectivity index (χ2v) is 7.78. The van der Waals surface area contributed by atoms with Gasteiger partial charge in [-0.05, 0) is 35.4 Å². The molecule has 0 bridgehead atoms. The summed E-state index contributed by atoms with van der Waals surface area (Å²) >= 11 is 5.22. The highest BCUT2D eigenvalue weighted by Crippen LogP contribution is 2.32. The predicted molar refractivity (Wildman–Crippen MR) is 109 cm³/mol. The van der Waals surface area contributed by atoms with E-state index in [1.54, 1.807) is 18.9 Å². The fourth-order valence-electron chi connectivity index (χ4n) is 2.61. The molecule has 0 aromatic heterocycles. The molecule has 0 aliphatic rings. The van der Waals surface area contributed by atoms with E-state index in [0.717, 1.165) is 38.1 Å². The molecule has 0 unspecified atom stereocenters. The summed E-state index contributed by atoms with van der Waals surface area (Å²) in [5, 5.41) is 13.7. The fraction of sp³-hybridized carbons (Fsp3) is 0.368. The Kier molecular flexibility index (Phi) is 8.25. The number of hydrogen-bond acceptors (Lipinski definition) is 4. The van der Waals surface area contributed by atoms with E-state index in [-0.39, 0.29) is 18.7 Å². The lowest BCUT2D eigenvalue weighted by molar-refractivity contribution is -0.137. The van der Waals surface area contributed by atoms with E-state index < -0.39 is 5.97 Å². The maximum absolute atomic E-state index is 11.6. The first-order valence-corrected chi connectivity index (χ1v) is 10.3. The Morgan fingerprint density at radius 1 is 1.23 bits per heavy atom. The monoisotopic (exact) mass is 439 g/mol. The van der Waals surface area contributed by atoms with Crippen LogP contribution < -0.4 is 10.1 Å². The number of fused-ring (bicyclic) bond motifs is 1. The molecule has 5 nitrogen and oxygen atoms in total. The van der Waals surface area contributed by atoms with Crippen LogP contribution in [0.5, 0.6) is 5.75 Å². The smallest absolute Gasteiger partial charge is 0.303 e. The zero-order valence-corrected chi connectivity index (χ0v) is 17.0. The quantitative estimate of drug-likeness (QED) is 0.542. The van der Waals surface area contributed by atoms with Crippen molar-refractivity contribution >= 4 is 50.3 Å². The van der Waals surface area contributed by atoms with Gasteiger partial charge in [-0.2, -0.15) is 11.8 Å². The van der Waals surface area contributed by atoms with E-state index >= 15 is 0 Å². The molecular weight excluding hydrogens is 418 g/mol.